The molecule has 2 aromatic rings. The number of halogens is 4. The van der Waals surface area contributed by atoms with Crippen LogP contribution in [-0.4, -0.2) is 120 Å². The van der Waals surface area contributed by atoms with Crippen molar-refractivity contribution in [2.24, 2.45) is 5.92 Å². The van der Waals surface area contributed by atoms with Gasteiger partial charge in [0.1, 0.15) is 0 Å². The van der Waals surface area contributed by atoms with Crippen LogP contribution in [0.15, 0.2) is 23.6 Å². The molecule has 266 valence electrons. The third-order valence-corrected chi connectivity index (χ3v) is 12.1. The molecular formula is C33H41ClF3N7O4S. The van der Waals surface area contributed by atoms with E-state index in [2.05, 4.69) is 15.1 Å². The molecule has 7 heterocycles. The van der Waals surface area contributed by atoms with E-state index < -0.39 is 35.5 Å². The third-order valence-electron chi connectivity index (χ3n) is 10.9. The number of nitrogens with one attached hydrogen (secondary N) is 1. The maximum Gasteiger partial charge on any atom is 0.418 e. The second-order valence-electron chi connectivity index (χ2n) is 13.7. The van der Waals surface area contributed by atoms with Gasteiger partial charge in [0.15, 0.2) is 6.10 Å². The fourth-order valence-corrected chi connectivity index (χ4v) is 9.15. The van der Waals surface area contributed by atoms with Crippen LogP contribution in [-0.2, 0) is 28.7 Å². The molecule has 3 N–H and O–H groups in total. The van der Waals surface area contributed by atoms with Gasteiger partial charge in [0.05, 0.1) is 28.5 Å². The van der Waals surface area contributed by atoms with Crippen molar-refractivity contribution in [1.82, 2.24) is 24.5 Å². The van der Waals surface area contributed by atoms with Crippen LogP contribution in [0.3, 0.4) is 0 Å². The Morgan fingerprint density at radius 2 is 1.73 bits per heavy atom. The van der Waals surface area contributed by atoms with Crippen molar-refractivity contribution in [2.45, 2.75) is 63.0 Å². The van der Waals surface area contributed by atoms with Gasteiger partial charge in [0.25, 0.3) is 5.91 Å². The van der Waals surface area contributed by atoms with Crippen LogP contribution in [0, 0.1) is 5.92 Å². The number of carbonyl (C=O) groups excluding carboxylic acids is 3. The molecule has 8 rings (SSSR count). The Balaban J connectivity index is 1.03. The molecule has 1 aromatic heterocycles. The van der Waals surface area contributed by atoms with Gasteiger partial charge >= 0.3 is 18.3 Å². The number of ether oxygens (including phenoxy) is 1. The van der Waals surface area contributed by atoms with Gasteiger partial charge in [-0.1, -0.05) is 11.6 Å². The van der Waals surface area contributed by atoms with Crippen molar-refractivity contribution in [3.63, 3.8) is 0 Å². The molecule has 5 fully saturated rings. The first-order valence-electron chi connectivity index (χ1n) is 16.9. The van der Waals surface area contributed by atoms with E-state index in [1.54, 1.807) is 21.1 Å². The highest BCUT2D eigenvalue weighted by Crippen LogP contribution is 2.38. The quantitative estimate of drug-likeness (QED) is 0.412. The smallest absolute Gasteiger partial charge is 0.418 e. The van der Waals surface area contributed by atoms with Crippen molar-refractivity contribution < 1.29 is 32.3 Å². The van der Waals surface area contributed by atoms with Gasteiger partial charge in [-0.25, -0.2) is 9.59 Å². The number of fused-ring (bicyclic) bond motifs is 4. The number of hydrogen-bond acceptors (Lipinski definition) is 8. The topological polar surface area (TPSA) is 115 Å². The minimum atomic E-state index is -4.76. The van der Waals surface area contributed by atoms with Crippen molar-refractivity contribution in [3.05, 3.63) is 44.6 Å². The summed E-state index contributed by atoms with van der Waals surface area (Å²) >= 11 is 7.69. The molecular weight excluding hydrogens is 683 g/mol. The number of urea groups is 1. The zero-order chi connectivity index (χ0) is 34.4. The van der Waals surface area contributed by atoms with E-state index in [1.165, 1.54) is 23.8 Å². The Bertz CT molecular complexity index is 1570. The molecule has 4 amide bonds. The Kier molecular flexibility index (Phi) is 9.63. The molecule has 6 aliphatic rings. The summed E-state index contributed by atoms with van der Waals surface area (Å²) in [5, 5.41) is 4.57. The number of piperidine rings is 4. The summed E-state index contributed by atoms with van der Waals surface area (Å²) in [4.78, 5) is 51.3. The molecule has 49 heavy (non-hydrogen) atoms. The fraction of sp³-hybridized carbons (Fsp3) is 0.606. The molecule has 0 radical (unpaired) electrons. The van der Waals surface area contributed by atoms with Gasteiger partial charge in [-0.15, -0.1) is 11.3 Å². The molecule has 0 spiro atoms. The molecule has 5 saturated heterocycles. The minimum absolute atomic E-state index is 0.0816. The summed E-state index contributed by atoms with van der Waals surface area (Å²) in [5.41, 5.74) is 4.88. The van der Waals surface area contributed by atoms with Crippen molar-refractivity contribution >= 4 is 52.3 Å². The predicted octanol–water partition coefficient (Wildman–Crippen LogP) is 4.80. The minimum Gasteiger partial charge on any atom is -0.436 e. The first-order valence-corrected chi connectivity index (χ1v) is 18.2. The van der Waals surface area contributed by atoms with Crippen LogP contribution in [0.25, 0.3) is 0 Å². The summed E-state index contributed by atoms with van der Waals surface area (Å²) in [6.45, 7) is 6.64. The first kappa shape index (κ1) is 34.2. The van der Waals surface area contributed by atoms with Crippen LogP contribution in [0.4, 0.5) is 34.1 Å². The average Bonchev–Trinajstić information content (AvgIpc) is 3.56. The number of rotatable bonds is 6. The molecule has 6 aliphatic heterocycles. The lowest BCUT2D eigenvalue weighted by atomic mass is 9.83. The number of hydrogen-bond donors (Lipinski definition) is 2. The summed E-state index contributed by atoms with van der Waals surface area (Å²) in [6.07, 6.45) is -3.72. The molecule has 2 atom stereocenters. The monoisotopic (exact) mass is 723 g/mol. The lowest BCUT2D eigenvalue weighted by Gasteiger charge is -2.51. The van der Waals surface area contributed by atoms with E-state index in [-0.39, 0.29) is 29.1 Å². The number of benzene rings is 1. The van der Waals surface area contributed by atoms with Gasteiger partial charge in [-0.2, -0.15) is 13.2 Å². The first-order chi connectivity index (χ1) is 23.4. The highest BCUT2D eigenvalue weighted by Gasteiger charge is 2.41. The Morgan fingerprint density at radius 1 is 1.02 bits per heavy atom. The van der Waals surface area contributed by atoms with Gasteiger partial charge < -0.3 is 35.4 Å². The number of nitrogen functional groups attached to an aromatic ring is 1. The number of amides is 4. The summed E-state index contributed by atoms with van der Waals surface area (Å²) in [5.74, 6) is 0.204. The molecule has 1 unspecified atom stereocenters. The number of anilines is 2. The van der Waals surface area contributed by atoms with Gasteiger partial charge in [-0.05, 0) is 73.8 Å². The van der Waals surface area contributed by atoms with E-state index in [1.807, 2.05) is 11.4 Å². The molecule has 16 heteroatoms. The van der Waals surface area contributed by atoms with E-state index in [0.29, 0.717) is 70.6 Å². The van der Waals surface area contributed by atoms with Crippen LogP contribution < -0.4 is 11.1 Å². The third kappa shape index (κ3) is 7.17. The van der Waals surface area contributed by atoms with Crippen LogP contribution in [0.1, 0.15) is 41.7 Å². The number of thiophene rings is 1. The van der Waals surface area contributed by atoms with Gasteiger partial charge in [-0.3, -0.25) is 9.69 Å². The highest BCUT2D eigenvalue weighted by atomic mass is 35.5. The van der Waals surface area contributed by atoms with Crippen LogP contribution in [0.2, 0.25) is 5.02 Å². The summed E-state index contributed by atoms with van der Waals surface area (Å²) < 4.78 is 47.3. The normalized spacial score (nSPS) is 25.6. The number of nitrogens with zero attached hydrogens (tertiary/aromatic N) is 5. The standard InChI is InChI=1S/C33H41ClF3N7O4S/c34-24-16-20(15-23(29(24)38)33(35,36)37)17-27(30(45)42-12-10-41(11-13-42)26-18-40-6-1-21(26)2-7-40)48-32(47)43-8-3-22(4-9-43)44-19-28-25(5-14-49-28)39-31(44)46/h5,14-16,21-22,26-27H,1-4,6-13,17-19,38H2,(H,39,46)/t26?,27-/m1/s1. The lowest BCUT2D eigenvalue weighted by molar-refractivity contribution is -0.143. The van der Waals surface area contributed by atoms with Crippen molar-refractivity contribution in [1.29, 1.82) is 0 Å². The van der Waals surface area contributed by atoms with E-state index in [4.69, 9.17) is 22.1 Å². The molecule has 2 bridgehead atoms. The zero-order valence-electron chi connectivity index (χ0n) is 27.1. The number of nitrogens with two attached hydrogens (primary N) is 1. The van der Waals surface area contributed by atoms with Crippen LogP contribution >= 0.6 is 22.9 Å². The summed E-state index contributed by atoms with van der Waals surface area (Å²) in [6, 6.07) is 4.24. The van der Waals surface area contributed by atoms with E-state index in [0.717, 1.165) is 36.3 Å². The Labute approximate surface area is 292 Å². The number of alkyl halides is 3. The molecule has 11 nitrogen and oxygen atoms in total. The largest absolute Gasteiger partial charge is 0.436 e. The summed E-state index contributed by atoms with van der Waals surface area (Å²) in [7, 11) is 0. The lowest BCUT2D eigenvalue weighted by Crippen LogP contribution is -2.62. The number of carbonyl (C=O) groups is 3. The van der Waals surface area contributed by atoms with Crippen molar-refractivity contribution in [2.75, 3.05) is 70.0 Å². The fourth-order valence-electron chi connectivity index (χ4n) is 8.08. The number of piperazine rings is 1. The Hall–Kier alpha value is -3.27. The van der Waals surface area contributed by atoms with Gasteiger partial charge in [0, 0.05) is 69.2 Å². The number of likely N-dealkylation sites (tertiary alicyclic amines) is 1. The van der Waals surface area contributed by atoms with E-state index in [9.17, 15) is 27.6 Å². The zero-order valence-corrected chi connectivity index (χ0v) is 28.7. The second-order valence-corrected chi connectivity index (χ2v) is 15.1. The molecule has 1 aromatic carbocycles. The predicted molar refractivity (Wildman–Crippen MR) is 179 cm³/mol. The second kappa shape index (κ2) is 13.8. The highest BCUT2D eigenvalue weighted by molar-refractivity contribution is 7.10. The maximum absolute atomic E-state index is 14.0. The van der Waals surface area contributed by atoms with Crippen molar-refractivity contribution in [3.8, 4) is 0 Å². The maximum atomic E-state index is 14.0. The van der Waals surface area contributed by atoms with Gasteiger partial charge in [0.2, 0.25) is 0 Å². The SMILES string of the molecule is Nc1c(Cl)cc(C[C@@H](OC(=O)N2CCC(N3Cc4sccc4NC3=O)CC2)C(=O)N2CCN(C3CN4CCC3CC4)CC2)cc1C(F)(F)F. The Morgan fingerprint density at radius 3 is 2.39 bits per heavy atom. The molecule has 0 saturated carbocycles. The average molecular weight is 724 g/mol. The van der Waals surface area contributed by atoms with Crippen LogP contribution in [0.5, 0.6) is 0 Å². The molecule has 0 aliphatic carbocycles. The van der Waals surface area contributed by atoms with E-state index >= 15 is 0 Å².